The van der Waals surface area contributed by atoms with E-state index in [1.807, 2.05) is 27.7 Å². The Morgan fingerprint density at radius 3 is 1.96 bits per heavy atom. The van der Waals surface area contributed by atoms with Gasteiger partial charge < -0.3 is 20.3 Å². The maximum Gasteiger partial charge on any atom is 0.407 e. The molecule has 0 saturated heterocycles. The molecule has 0 heterocycles. The molecule has 3 atom stereocenters. The summed E-state index contributed by atoms with van der Waals surface area (Å²) in [5, 5.41) is 22.4. The number of ether oxygens (including phenoxy) is 1. The van der Waals surface area contributed by atoms with Crippen molar-refractivity contribution >= 4 is 12.1 Å². The van der Waals surface area contributed by atoms with Crippen molar-refractivity contribution in [2.75, 3.05) is 0 Å². The molecule has 0 aromatic heterocycles. The standard InChI is InChI=1S/C17H33NO5/c1-10(2)8-13(18-16(22)23-17(5,6)7)14(19)9-12(11(3)4)15(20)21/h10-14,19H,8-9H2,1-7H3,(H,18,22)(H,20,21)/t12?,13?,14-/m0/s1. The zero-order valence-electron chi connectivity index (χ0n) is 15.4. The molecule has 2 unspecified atom stereocenters. The monoisotopic (exact) mass is 331 g/mol. The van der Waals surface area contributed by atoms with Crippen molar-refractivity contribution in [3.05, 3.63) is 0 Å². The Morgan fingerprint density at radius 1 is 1.09 bits per heavy atom. The summed E-state index contributed by atoms with van der Waals surface area (Å²) in [6.07, 6.45) is -0.891. The zero-order valence-corrected chi connectivity index (χ0v) is 15.4. The van der Waals surface area contributed by atoms with Gasteiger partial charge in [0.2, 0.25) is 0 Å². The zero-order chi connectivity index (χ0) is 18.4. The van der Waals surface area contributed by atoms with Gasteiger partial charge in [-0.2, -0.15) is 0 Å². The fraction of sp³-hybridized carbons (Fsp3) is 0.882. The van der Waals surface area contributed by atoms with E-state index in [1.165, 1.54) is 0 Å². The highest BCUT2D eigenvalue weighted by atomic mass is 16.6. The minimum Gasteiger partial charge on any atom is -0.481 e. The summed E-state index contributed by atoms with van der Waals surface area (Å²) in [6.45, 7) is 12.9. The fourth-order valence-electron chi connectivity index (χ4n) is 2.36. The highest BCUT2D eigenvalue weighted by Gasteiger charge is 2.31. The van der Waals surface area contributed by atoms with Gasteiger partial charge in [-0.1, -0.05) is 27.7 Å². The first-order valence-corrected chi connectivity index (χ1v) is 8.23. The summed E-state index contributed by atoms with van der Waals surface area (Å²) in [5.74, 6) is -1.44. The number of hydrogen-bond acceptors (Lipinski definition) is 4. The Morgan fingerprint density at radius 2 is 1.61 bits per heavy atom. The van der Waals surface area contributed by atoms with Crippen LogP contribution in [0.3, 0.4) is 0 Å². The molecule has 0 aliphatic carbocycles. The molecule has 0 aliphatic heterocycles. The summed E-state index contributed by atoms with van der Waals surface area (Å²) >= 11 is 0. The summed E-state index contributed by atoms with van der Waals surface area (Å²) in [4.78, 5) is 23.3. The summed E-state index contributed by atoms with van der Waals surface area (Å²) in [7, 11) is 0. The summed E-state index contributed by atoms with van der Waals surface area (Å²) in [5.41, 5.74) is -0.626. The first-order valence-electron chi connectivity index (χ1n) is 8.23. The first kappa shape index (κ1) is 21.7. The van der Waals surface area contributed by atoms with Gasteiger partial charge in [0.15, 0.2) is 0 Å². The van der Waals surface area contributed by atoms with Crippen LogP contribution in [0.4, 0.5) is 4.79 Å². The van der Waals surface area contributed by atoms with Gasteiger partial charge in [0.05, 0.1) is 18.1 Å². The molecular weight excluding hydrogens is 298 g/mol. The average molecular weight is 331 g/mol. The van der Waals surface area contributed by atoms with Gasteiger partial charge in [0, 0.05) is 0 Å². The number of nitrogens with one attached hydrogen (secondary N) is 1. The molecule has 0 spiro atoms. The number of hydrogen-bond donors (Lipinski definition) is 3. The van der Waals surface area contributed by atoms with Crippen LogP contribution in [0.1, 0.15) is 61.3 Å². The molecule has 0 rings (SSSR count). The lowest BCUT2D eigenvalue weighted by Gasteiger charge is -2.29. The largest absolute Gasteiger partial charge is 0.481 e. The molecule has 23 heavy (non-hydrogen) atoms. The predicted octanol–water partition coefficient (Wildman–Crippen LogP) is 3.03. The SMILES string of the molecule is CC(C)CC(NC(=O)OC(C)(C)C)[C@@H](O)CC(C(=O)O)C(C)C. The molecule has 1 amide bonds. The summed E-state index contributed by atoms with van der Waals surface area (Å²) in [6, 6.07) is -0.537. The lowest BCUT2D eigenvalue weighted by atomic mass is 9.86. The molecule has 0 radical (unpaired) electrons. The Kier molecular flexibility index (Phi) is 8.59. The number of amides is 1. The Balaban J connectivity index is 4.94. The number of alkyl carbamates (subject to hydrolysis) is 1. The minimum atomic E-state index is -0.937. The first-order chi connectivity index (χ1) is 10.3. The van der Waals surface area contributed by atoms with Gasteiger partial charge >= 0.3 is 12.1 Å². The maximum atomic E-state index is 11.9. The van der Waals surface area contributed by atoms with Crippen LogP contribution in [0.25, 0.3) is 0 Å². The number of aliphatic hydroxyl groups excluding tert-OH is 1. The van der Waals surface area contributed by atoms with E-state index >= 15 is 0 Å². The van der Waals surface area contributed by atoms with Crippen molar-refractivity contribution in [3.8, 4) is 0 Å². The highest BCUT2D eigenvalue weighted by molar-refractivity contribution is 5.70. The Bertz CT molecular complexity index is 387. The van der Waals surface area contributed by atoms with Crippen LogP contribution in [-0.2, 0) is 9.53 Å². The van der Waals surface area contributed by atoms with Crippen molar-refractivity contribution in [1.82, 2.24) is 5.32 Å². The van der Waals surface area contributed by atoms with E-state index in [1.54, 1.807) is 20.8 Å². The number of carbonyl (C=O) groups excluding carboxylic acids is 1. The smallest absolute Gasteiger partial charge is 0.407 e. The molecule has 6 heteroatoms. The van der Waals surface area contributed by atoms with Crippen molar-refractivity contribution in [3.63, 3.8) is 0 Å². The second-order valence-corrected chi connectivity index (χ2v) is 7.87. The third-order valence-electron chi connectivity index (χ3n) is 3.51. The molecule has 0 aromatic rings. The van der Waals surface area contributed by atoms with E-state index < -0.39 is 35.7 Å². The van der Waals surface area contributed by atoms with Gasteiger partial charge in [-0.15, -0.1) is 0 Å². The van der Waals surface area contributed by atoms with Gasteiger partial charge in [0.1, 0.15) is 5.60 Å². The minimum absolute atomic E-state index is 0.0941. The van der Waals surface area contributed by atoms with Crippen molar-refractivity contribution in [1.29, 1.82) is 0 Å². The van der Waals surface area contributed by atoms with E-state index in [0.717, 1.165) is 0 Å². The van der Waals surface area contributed by atoms with Crippen molar-refractivity contribution in [2.45, 2.75) is 79.1 Å². The Labute approximate surface area is 139 Å². The lowest BCUT2D eigenvalue weighted by Crippen LogP contribution is -2.47. The number of carbonyl (C=O) groups is 2. The lowest BCUT2D eigenvalue weighted by molar-refractivity contribution is -0.144. The topological polar surface area (TPSA) is 95.9 Å². The normalized spacial score (nSPS) is 16.1. The number of rotatable bonds is 8. The maximum absolute atomic E-state index is 11.9. The molecule has 0 fully saturated rings. The third kappa shape index (κ3) is 9.43. The molecule has 0 bridgehead atoms. The van der Waals surface area contributed by atoms with E-state index in [4.69, 9.17) is 4.74 Å². The quantitative estimate of drug-likeness (QED) is 0.635. The van der Waals surface area contributed by atoms with E-state index in [2.05, 4.69) is 5.32 Å². The van der Waals surface area contributed by atoms with Crippen LogP contribution >= 0.6 is 0 Å². The Hall–Kier alpha value is -1.30. The van der Waals surface area contributed by atoms with Crippen LogP contribution in [0.5, 0.6) is 0 Å². The van der Waals surface area contributed by atoms with Crippen molar-refractivity contribution in [2.24, 2.45) is 17.8 Å². The molecular formula is C17H33NO5. The van der Waals surface area contributed by atoms with Crippen LogP contribution < -0.4 is 5.32 Å². The van der Waals surface area contributed by atoms with Gasteiger partial charge in [0.25, 0.3) is 0 Å². The average Bonchev–Trinajstić information content (AvgIpc) is 2.30. The number of aliphatic carboxylic acids is 1. The number of carboxylic acids is 1. The molecule has 0 aromatic carbocycles. The molecule has 0 saturated carbocycles. The number of carboxylic acid groups (broad SMARTS) is 1. The molecule has 0 aliphatic rings. The molecule has 6 nitrogen and oxygen atoms in total. The summed E-state index contributed by atoms with van der Waals surface area (Å²) < 4.78 is 5.22. The third-order valence-corrected chi connectivity index (χ3v) is 3.51. The van der Waals surface area contributed by atoms with Crippen LogP contribution in [0.15, 0.2) is 0 Å². The molecule has 3 N–H and O–H groups in total. The molecule has 136 valence electrons. The van der Waals surface area contributed by atoms with E-state index in [-0.39, 0.29) is 18.3 Å². The van der Waals surface area contributed by atoms with Crippen LogP contribution in [0, 0.1) is 17.8 Å². The van der Waals surface area contributed by atoms with E-state index in [0.29, 0.717) is 6.42 Å². The number of aliphatic hydroxyl groups is 1. The van der Waals surface area contributed by atoms with Crippen molar-refractivity contribution < 1.29 is 24.5 Å². The van der Waals surface area contributed by atoms with Gasteiger partial charge in [-0.3, -0.25) is 4.79 Å². The second kappa shape index (κ2) is 9.11. The second-order valence-electron chi connectivity index (χ2n) is 7.87. The van der Waals surface area contributed by atoms with Gasteiger partial charge in [-0.25, -0.2) is 4.79 Å². The van der Waals surface area contributed by atoms with Crippen LogP contribution in [0.2, 0.25) is 0 Å². The van der Waals surface area contributed by atoms with Gasteiger partial charge in [-0.05, 0) is 45.4 Å². The van der Waals surface area contributed by atoms with E-state index in [9.17, 15) is 19.8 Å². The fourth-order valence-corrected chi connectivity index (χ4v) is 2.36. The predicted molar refractivity (Wildman–Crippen MR) is 89.2 cm³/mol. The van der Waals surface area contributed by atoms with Crippen LogP contribution in [-0.4, -0.2) is 40.0 Å². The highest BCUT2D eigenvalue weighted by Crippen LogP contribution is 2.21.